The van der Waals surface area contributed by atoms with Crippen LogP contribution in [0.1, 0.15) is 104 Å². The van der Waals surface area contributed by atoms with E-state index in [-0.39, 0.29) is 42.0 Å². The number of carbonyl (C=O) groups excluding carboxylic acids is 1. The van der Waals surface area contributed by atoms with E-state index in [1.807, 2.05) is 6.92 Å². The molecule has 0 spiro atoms. The summed E-state index contributed by atoms with van der Waals surface area (Å²) in [6.07, 6.45) is 15.6. The minimum atomic E-state index is -0.923. The van der Waals surface area contributed by atoms with E-state index in [9.17, 15) is 9.90 Å². The van der Waals surface area contributed by atoms with Gasteiger partial charge in [-0.1, -0.05) is 78.1 Å². The molecule has 0 amide bonds. The first-order chi connectivity index (χ1) is 11.1. The van der Waals surface area contributed by atoms with Crippen LogP contribution in [0.3, 0.4) is 0 Å². The second-order valence-corrected chi connectivity index (χ2v) is 7.00. The van der Waals surface area contributed by atoms with Gasteiger partial charge in [0.2, 0.25) is 0 Å². The van der Waals surface area contributed by atoms with E-state index in [0.29, 0.717) is 0 Å². The molecule has 0 heterocycles. The topological polar surface area (TPSA) is 43.4 Å². The molecular weight excluding hydrogens is 309 g/mol. The second-order valence-electron chi connectivity index (χ2n) is 7.00. The Morgan fingerprint density at radius 1 is 0.792 bits per heavy atom. The summed E-state index contributed by atoms with van der Waals surface area (Å²) in [7, 11) is 0. The third kappa shape index (κ3) is 17.3. The molecular formula is C20H40NNaO2. The third-order valence-corrected chi connectivity index (χ3v) is 4.68. The Morgan fingerprint density at radius 2 is 1.17 bits per heavy atom. The van der Waals surface area contributed by atoms with Crippen molar-refractivity contribution in [3.8, 4) is 0 Å². The molecule has 1 unspecified atom stereocenters. The molecule has 0 N–H and O–H groups in total. The van der Waals surface area contributed by atoms with Crippen molar-refractivity contribution in [3.63, 3.8) is 0 Å². The number of carbonyl (C=O) groups is 1. The Labute approximate surface area is 173 Å². The maximum Gasteiger partial charge on any atom is 1.00 e. The molecule has 1 atom stereocenters. The molecule has 0 rings (SSSR count). The molecule has 3 nitrogen and oxygen atoms in total. The fraction of sp³-hybridized carbons (Fsp3) is 0.950. The molecule has 4 heteroatoms. The van der Waals surface area contributed by atoms with Crippen molar-refractivity contribution < 1.29 is 39.5 Å². The number of unbranched alkanes of at least 4 members (excludes halogenated alkanes) is 10. The van der Waals surface area contributed by atoms with Crippen molar-refractivity contribution >= 4 is 5.97 Å². The summed E-state index contributed by atoms with van der Waals surface area (Å²) in [6, 6.07) is 0.103. The third-order valence-electron chi connectivity index (χ3n) is 4.68. The summed E-state index contributed by atoms with van der Waals surface area (Å²) >= 11 is 0. The van der Waals surface area contributed by atoms with Crippen LogP contribution >= 0.6 is 0 Å². The van der Waals surface area contributed by atoms with Crippen LogP contribution in [0.2, 0.25) is 0 Å². The molecule has 0 saturated heterocycles. The van der Waals surface area contributed by atoms with Crippen LogP contribution in [-0.4, -0.2) is 30.0 Å². The summed E-state index contributed by atoms with van der Waals surface area (Å²) in [4.78, 5) is 13.2. The van der Waals surface area contributed by atoms with Gasteiger partial charge in [-0.15, -0.1) is 0 Å². The molecule has 138 valence electrons. The zero-order valence-corrected chi connectivity index (χ0v) is 18.9. The number of aliphatic carboxylic acids is 1. The molecule has 0 aromatic rings. The van der Waals surface area contributed by atoms with Crippen LogP contribution in [0.15, 0.2) is 0 Å². The number of hydrogen-bond acceptors (Lipinski definition) is 3. The first-order valence-electron chi connectivity index (χ1n) is 10.1. The zero-order valence-electron chi connectivity index (χ0n) is 16.9. The molecule has 0 aliphatic heterocycles. The molecule has 0 aliphatic rings. The molecule has 0 aromatic heterocycles. The quantitative estimate of drug-likeness (QED) is 0.296. The van der Waals surface area contributed by atoms with Crippen molar-refractivity contribution in [1.82, 2.24) is 4.90 Å². The molecule has 0 aromatic carbocycles. The Morgan fingerprint density at radius 3 is 1.54 bits per heavy atom. The van der Waals surface area contributed by atoms with E-state index >= 15 is 0 Å². The summed E-state index contributed by atoms with van der Waals surface area (Å²) in [5, 5.41) is 10.9. The van der Waals surface area contributed by atoms with Crippen molar-refractivity contribution in [2.24, 2.45) is 0 Å². The number of carboxylic acids is 1. The van der Waals surface area contributed by atoms with E-state index in [1.54, 1.807) is 0 Å². The SMILES string of the molecule is CCCCCCCCN(CCCCCCCC)C(C)CC(=O)[O-].[Na+]. The number of hydrogen-bond donors (Lipinski definition) is 0. The summed E-state index contributed by atoms with van der Waals surface area (Å²) in [6.45, 7) is 8.59. The summed E-state index contributed by atoms with van der Waals surface area (Å²) in [5.74, 6) is -0.923. The van der Waals surface area contributed by atoms with Gasteiger partial charge < -0.3 is 14.8 Å². The fourth-order valence-electron chi connectivity index (χ4n) is 3.11. The molecule has 0 bridgehead atoms. The maximum absolute atomic E-state index is 10.9. The van der Waals surface area contributed by atoms with Gasteiger partial charge in [0, 0.05) is 18.4 Å². The Bertz CT molecular complexity index is 258. The standard InChI is InChI=1S/C20H41NO2.Na/c1-4-6-8-10-12-14-16-21(19(3)18-20(22)23)17-15-13-11-9-7-5-2;/h19H,4-18H2,1-3H3,(H,22,23);/q;+1/p-1. The monoisotopic (exact) mass is 349 g/mol. The Hall–Kier alpha value is 0.430. The van der Waals surface area contributed by atoms with Gasteiger partial charge in [0.15, 0.2) is 0 Å². The van der Waals surface area contributed by atoms with Gasteiger partial charge in [-0.3, -0.25) is 0 Å². The van der Waals surface area contributed by atoms with Gasteiger partial charge in [0.1, 0.15) is 0 Å². The van der Waals surface area contributed by atoms with Crippen molar-refractivity contribution in [2.45, 2.75) is 110 Å². The average Bonchev–Trinajstić information content (AvgIpc) is 2.51. The normalized spacial score (nSPS) is 12.2. The van der Waals surface area contributed by atoms with Gasteiger partial charge >= 0.3 is 29.6 Å². The predicted molar refractivity (Wildman–Crippen MR) is 97.4 cm³/mol. The predicted octanol–water partition coefficient (Wildman–Crippen LogP) is 1.54. The summed E-state index contributed by atoms with van der Waals surface area (Å²) < 4.78 is 0. The smallest absolute Gasteiger partial charge is 0.550 e. The van der Waals surface area contributed by atoms with Crippen molar-refractivity contribution in [3.05, 3.63) is 0 Å². The molecule has 0 saturated carbocycles. The van der Waals surface area contributed by atoms with Crippen molar-refractivity contribution in [2.75, 3.05) is 13.1 Å². The fourth-order valence-corrected chi connectivity index (χ4v) is 3.11. The molecule has 0 aliphatic carbocycles. The molecule has 24 heavy (non-hydrogen) atoms. The van der Waals surface area contributed by atoms with E-state index in [2.05, 4.69) is 18.7 Å². The zero-order chi connectivity index (χ0) is 17.3. The van der Waals surface area contributed by atoms with Crippen LogP contribution in [-0.2, 0) is 4.79 Å². The first-order valence-corrected chi connectivity index (χ1v) is 10.1. The van der Waals surface area contributed by atoms with E-state index < -0.39 is 5.97 Å². The first kappa shape index (κ1) is 26.7. The van der Waals surface area contributed by atoms with Crippen molar-refractivity contribution in [1.29, 1.82) is 0 Å². The van der Waals surface area contributed by atoms with Gasteiger partial charge in [-0.25, -0.2) is 0 Å². The number of carboxylic acid groups (broad SMARTS) is 1. The van der Waals surface area contributed by atoms with Gasteiger partial charge in [-0.2, -0.15) is 0 Å². The minimum Gasteiger partial charge on any atom is -0.550 e. The number of rotatable bonds is 17. The van der Waals surface area contributed by atoms with Gasteiger partial charge in [0.05, 0.1) is 0 Å². The van der Waals surface area contributed by atoms with Crippen LogP contribution < -0.4 is 34.7 Å². The van der Waals surface area contributed by atoms with Crippen LogP contribution in [0.5, 0.6) is 0 Å². The minimum absolute atomic E-state index is 0. The largest absolute Gasteiger partial charge is 1.00 e. The Balaban J connectivity index is 0. The molecule has 0 radical (unpaired) electrons. The van der Waals surface area contributed by atoms with E-state index in [0.717, 1.165) is 13.1 Å². The van der Waals surface area contributed by atoms with Crippen LogP contribution in [0.25, 0.3) is 0 Å². The van der Waals surface area contributed by atoms with Gasteiger partial charge in [-0.05, 0) is 32.9 Å². The van der Waals surface area contributed by atoms with E-state index in [1.165, 1.54) is 77.0 Å². The average molecular weight is 350 g/mol. The summed E-state index contributed by atoms with van der Waals surface area (Å²) in [5.41, 5.74) is 0. The van der Waals surface area contributed by atoms with E-state index in [4.69, 9.17) is 0 Å². The Kier molecular flexibility index (Phi) is 21.9. The molecule has 0 fully saturated rings. The maximum atomic E-state index is 10.9. The second kappa shape index (κ2) is 19.8. The van der Waals surface area contributed by atoms with Crippen LogP contribution in [0, 0.1) is 0 Å². The van der Waals surface area contributed by atoms with Crippen LogP contribution in [0.4, 0.5) is 0 Å². The van der Waals surface area contributed by atoms with Gasteiger partial charge in [0.25, 0.3) is 0 Å². The number of nitrogens with zero attached hydrogens (tertiary/aromatic N) is 1.